The zero-order valence-corrected chi connectivity index (χ0v) is 18.8. The molecule has 0 saturated carbocycles. The van der Waals surface area contributed by atoms with Crippen LogP contribution in [-0.2, 0) is 14.8 Å². The zero-order valence-electron chi connectivity index (χ0n) is 17.3. The fraction of sp³-hybridized carbons (Fsp3) is 0.409. The average Bonchev–Trinajstić information content (AvgIpc) is 2.73. The smallest absolute Gasteiger partial charge is 0.243 e. The molecule has 0 unspecified atom stereocenters. The van der Waals surface area contributed by atoms with Crippen LogP contribution < -0.4 is 4.74 Å². The Bertz CT molecular complexity index is 971. The second-order valence-electron chi connectivity index (χ2n) is 7.56. The summed E-state index contributed by atoms with van der Waals surface area (Å²) in [6, 6.07) is 14.0. The van der Waals surface area contributed by atoms with E-state index in [9.17, 15) is 13.2 Å². The van der Waals surface area contributed by atoms with Crippen LogP contribution in [0.3, 0.4) is 0 Å². The first-order chi connectivity index (χ1) is 14.3. The Labute approximate surface area is 183 Å². The third-order valence-corrected chi connectivity index (χ3v) is 7.48. The van der Waals surface area contributed by atoms with Gasteiger partial charge in [-0.1, -0.05) is 35.4 Å². The third-order valence-electron chi connectivity index (χ3n) is 5.33. The maximum atomic E-state index is 12.8. The molecule has 0 bridgehead atoms. The van der Waals surface area contributed by atoms with E-state index in [0.717, 1.165) is 5.56 Å². The highest BCUT2D eigenvalue weighted by Crippen LogP contribution is 2.25. The van der Waals surface area contributed by atoms with Crippen LogP contribution in [0.5, 0.6) is 5.75 Å². The van der Waals surface area contributed by atoms with E-state index >= 15 is 0 Å². The Kier molecular flexibility index (Phi) is 7.39. The van der Waals surface area contributed by atoms with E-state index in [2.05, 4.69) is 0 Å². The summed E-state index contributed by atoms with van der Waals surface area (Å²) in [7, 11) is -1.77. The van der Waals surface area contributed by atoms with Gasteiger partial charge in [0.2, 0.25) is 15.9 Å². The van der Waals surface area contributed by atoms with E-state index < -0.39 is 10.0 Å². The predicted octanol–water partition coefficient (Wildman–Crippen LogP) is 3.59. The Morgan fingerprint density at radius 2 is 1.83 bits per heavy atom. The number of likely N-dealkylation sites (N-methyl/N-ethyl adjacent to an activating group) is 1. The van der Waals surface area contributed by atoms with Gasteiger partial charge in [-0.2, -0.15) is 4.31 Å². The molecule has 162 valence electrons. The molecule has 1 fully saturated rings. The monoisotopic (exact) mass is 450 g/mol. The summed E-state index contributed by atoms with van der Waals surface area (Å²) in [5.41, 5.74) is 1.01. The van der Waals surface area contributed by atoms with Crippen LogP contribution in [0.15, 0.2) is 53.4 Å². The van der Waals surface area contributed by atoms with Gasteiger partial charge < -0.3 is 9.64 Å². The molecule has 2 aromatic rings. The van der Waals surface area contributed by atoms with E-state index in [1.165, 1.54) is 4.31 Å². The minimum atomic E-state index is -3.52. The number of halogens is 1. The van der Waals surface area contributed by atoms with Crippen LogP contribution in [0.2, 0.25) is 5.02 Å². The third kappa shape index (κ3) is 5.53. The van der Waals surface area contributed by atoms with Crippen molar-refractivity contribution in [3.05, 3.63) is 59.1 Å². The van der Waals surface area contributed by atoms with Crippen molar-refractivity contribution in [2.45, 2.75) is 24.7 Å². The summed E-state index contributed by atoms with van der Waals surface area (Å²) in [4.78, 5) is 14.7. The van der Waals surface area contributed by atoms with Crippen molar-refractivity contribution in [2.24, 2.45) is 5.92 Å². The maximum absolute atomic E-state index is 12.8. The van der Waals surface area contributed by atoms with Crippen molar-refractivity contribution >= 4 is 27.5 Å². The molecule has 1 saturated heterocycles. The van der Waals surface area contributed by atoms with Gasteiger partial charge in [-0.05, 0) is 50.1 Å². The van der Waals surface area contributed by atoms with Gasteiger partial charge in [-0.25, -0.2) is 8.42 Å². The summed E-state index contributed by atoms with van der Waals surface area (Å²) in [6.07, 6.45) is 1.03. The lowest BCUT2D eigenvalue weighted by Gasteiger charge is -2.32. The summed E-state index contributed by atoms with van der Waals surface area (Å²) < 4.78 is 32.8. The van der Waals surface area contributed by atoms with E-state index in [1.807, 2.05) is 19.1 Å². The highest BCUT2D eigenvalue weighted by Gasteiger charge is 2.33. The first-order valence-corrected chi connectivity index (χ1v) is 11.8. The minimum Gasteiger partial charge on any atom is -0.492 e. The second-order valence-corrected chi connectivity index (χ2v) is 9.93. The molecule has 8 heteroatoms. The van der Waals surface area contributed by atoms with Crippen LogP contribution in [0.1, 0.15) is 18.4 Å². The van der Waals surface area contributed by atoms with Crippen LogP contribution in [0.4, 0.5) is 0 Å². The number of ether oxygens (including phenoxy) is 1. The number of carbonyl (C=O) groups is 1. The van der Waals surface area contributed by atoms with Gasteiger partial charge >= 0.3 is 0 Å². The van der Waals surface area contributed by atoms with Crippen LogP contribution >= 0.6 is 11.6 Å². The highest BCUT2D eigenvalue weighted by atomic mass is 35.5. The number of rotatable bonds is 7. The number of aryl methyl sites for hydroxylation is 1. The fourth-order valence-corrected chi connectivity index (χ4v) is 5.13. The van der Waals surface area contributed by atoms with E-state index in [-0.39, 0.29) is 11.8 Å². The predicted molar refractivity (Wildman–Crippen MR) is 117 cm³/mol. The van der Waals surface area contributed by atoms with E-state index in [1.54, 1.807) is 48.3 Å². The molecule has 1 aliphatic heterocycles. The molecule has 2 aromatic carbocycles. The molecule has 1 amide bonds. The van der Waals surface area contributed by atoms with Gasteiger partial charge in [0.25, 0.3) is 0 Å². The number of piperidine rings is 1. The summed E-state index contributed by atoms with van der Waals surface area (Å²) >= 11 is 5.94. The van der Waals surface area contributed by atoms with Gasteiger partial charge in [0.05, 0.1) is 11.4 Å². The maximum Gasteiger partial charge on any atom is 0.243 e. The topological polar surface area (TPSA) is 66.9 Å². The normalized spacial score (nSPS) is 15.7. The van der Waals surface area contributed by atoms with Crippen molar-refractivity contribution in [2.75, 3.05) is 33.3 Å². The number of nitrogens with zero attached hydrogens (tertiary/aromatic N) is 2. The molecular weight excluding hydrogens is 424 g/mol. The molecule has 0 aliphatic carbocycles. The molecule has 0 spiro atoms. The first-order valence-electron chi connectivity index (χ1n) is 9.97. The molecule has 30 heavy (non-hydrogen) atoms. The molecule has 0 aromatic heterocycles. The van der Waals surface area contributed by atoms with E-state index in [0.29, 0.717) is 54.8 Å². The molecule has 1 heterocycles. The summed E-state index contributed by atoms with van der Waals surface area (Å²) in [5.74, 6) is 0.515. The highest BCUT2D eigenvalue weighted by molar-refractivity contribution is 7.89. The number of benzene rings is 2. The molecule has 1 aliphatic rings. The molecule has 0 atom stereocenters. The Morgan fingerprint density at radius 3 is 2.47 bits per heavy atom. The van der Waals surface area contributed by atoms with Crippen LogP contribution in [-0.4, -0.2) is 56.8 Å². The van der Waals surface area contributed by atoms with Crippen molar-refractivity contribution in [1.82, 2.24) is 9.21 Å². The van der Waals surface area contributed by atoms with Crippen molar-refractivity contribution in [3.63, 3.8) is 0 Å². The summed E-state index contributed by atoms with van der Waals surface area (Å²) in [5, 5.41) is 0.601. The second kappa shape index (κ2) is 9.81. The summed E-state index contributed by atoms with van der Waals surface area (Å²) in [6.45, 7) is 3.43. The average molecular weight is 451 g/mol. The van der Waals surface area contributed by atoms with Gasteiger partial charge in [-0.3, -0.25) is 4.79 Å². The number of sulfonamides is 1. The Balaban J connectivity index is 1.49. The number of hydrogen-bond donors (Lipinski definition) is 0. The van der Waals surface area contributed by atoms with Gasteiger partial charge in [-0.15, -0.1) is 0 Å². The quantitative estimate of drug-likeness (QED) is 0.646. The lowest BCUT2D eigenvalue weighted by Crippen LogP contribution is -2.44. The van der Waals surface area contributed by atoms with Crippen molar-refractivity contribution < 1.29 is 17.9 Å². The molecule has 0 N–H and O–H groups in total. The lowest BCUT2D eigenvalue weighted by atomic mass is 9.97. The van der Waals surface area contributed by atoms with Gasteiger partial charge in [0.1, 0.15) is 12.4 Å². The molecule has 0 radical (unpaired) electrons. The SMILES string of the molecule is Cc1ccc(S(=O)(=O)N2CCC(C(=O)N(C)CCOc3cccc(Cl)c3)CC2)cc1. The molecular formula is C22H27ClN2O4S. The number of amides is 1. The number of carbonyl (C=O) groups excluding carboxylic acids is 1. The largest absolute Gasteiger partial charge is 0.492 e. The lowest BCUT2D eigenvalue weighted by molar-refractivity contribution is -0.135. The Morgan fingerprint density at radius 1 is 1.17 bits per heavy atom. The van der Waals surface area contributed by atoms with Crippen LogP contribution in [0, 0.1) is 12.8 Å². The minimum absolute atomic E-state index is 0.0251. The Hall–Kier alpha value is -2.09. The fourth-order valence-electron chi connectivity index (χ4n) is 3.48. The molecule has 3 rings (SSSR count). The van der Waals surface area contributed by atoms with E-state index in [4.69, 9.17) is 16.3 Å². The zero-order chi connectivity index (χ0) is 21.7. The van der Waals surface area contributed by atoms with Crippen LogP contribution in [0.25, 0.3) is 0 Å². The van der Waals surface area contributed by atoms with Crippen molar-refractivity contribution in [3.8, 4) is 5.75 Å². The first kappa shape index (κ1) is 22.6. The van der Waals surface area contributed by atoms with Gasteiger partial charge in [0, 0.05) is 31.1 Å². The number of hydrogen-bond acceptors (Lipinski definition) is 4. The standard InChI is InChI=1S/C22H27ClN2O4S/c1-17-6-8-21(9-7-17)30(27,28)25-12-10-18(11-13-25)22(26)24(2)14-15-29-20-5-3-4-19(23)16-20/h3-9,16,18H,10-15H2,1-2H3. The van der Waals surface area contributed by atoms with Crippen molar-refractivity contribution in [1.29, 1.82) is 0 Å². The molecule has 6 nitrogen and oxygen atoms in total. The van der Waals surface area contributed by atoms with Gasteiger partial charge in [0.15, 0.2) is 0 Å².